The fourth-order valence-corrected chi connectivity index (χ4v) is 3.27. The second-order valence-corrected chi connectivity index (χ2v) is 6.22. The standard InChI is InChI=1S/C12H10Cl2N2O2S/c13-10-2-1-3-11(12(10)14)19(17,18)16-9-6-4-8(15)5-7-9/h1-7,16H,15H2. The van der Waals surface area contributed by atoms with Crippen LogP contribution in [0.25, 0.3) is 0 Å². The Labute approximate surface area is 121 Å². The second-order valence-electron chi connectivity index (χ2n) is 3.78. The van der Waals surface area contributed by atoms with E-state index in [-0.39, 0.29) is 14.9 Å². The number of nitrogens with one attached hydrogen (secondary N) is 1. The summed E-state index contributed by atoms with van der Waals surface area (Å²) in [5.74, 6) is 0. The SMILES string of the molecule is Nc1ccc(NS(=O)(=O)c2cccc(Cl)c2Cl)cc1. The molecule has 0 saturated carbocycles. The Morgan fingerprint density at radius 1 is 1.00 bits per heavy atom. The first-order valence-electron chi connectivity index (χ1n) is 5.22. The summed E-state index contributed by atoms with van der Waals surface area (Å²) in [7, 11) is -3.79. The Hall–Kier alpha value is -1.43. The van der Waals surface area contributed by atoms with Crippen LogP contribution in [0.2, 0.25) is 10.0 Å². The number of anilines is 2. The number of halogens is 2. The third-order valence-electron chi connectivity index (χ3n) is 2.37. The maximum Gasteiger partial charge on any atom is 0.263 e. The molecule has 2 aromatic rings. The molecule has 0 amide bonds. The van der Waals surface area contributed by atoms with Gasteiger partial charge in [-0.2, -0.15) is 0 Å². The molecule has 0 aliphatic rings. The predicted molar refractivity (Wildman–Crippen MR) is 78.1 cm³/mol. The zero-order valence-electron chi connectivity index (χ0n) is 9.60. The largest absolute Gasteiger partial charge is 0.399 e. The van der Waals surface area contributed by atoms with E-state index in [0.29, 0.717) is 11.4 Å². The first-order valence-corrected chi connectivity index (χ1v) is 7.46. The average molecular weight is 317 g/mol. The molecule has 4 nitrogen and oxygen atoms in total. The van der Waals surface area contributed by atoms with Gasteiger partial charge in [0.15, 0.2) is 0 Å². The molecule has 2 aromatic carbocycles. The van der Waals surface area contributed by atoms with Crippen LogP contribution in [0.4, 0.5) is 11.4 Å². The Morgan fingerprint density at radius 2 is 1.63 bits per heavy atom. The summed E-state index contributed by atoms with van der Waals surface area (Å²) in [5.41, 5.74) is 6.47. The number of sulfonamides is 1. The van der Waals surface area contributed by atoms with Crippen LogP contribution in [0.3, 0.4) is 0 Å². The average Bonchev–Trinajstić information content (AvgIpc) is 2.35. The molecule has 0 radical (unpaired) electrons. The summed E-state index contributed by atoms with van der Waals surface area (Å²) in [4.78, 5) is -0.0708. The first-order chi connectivity index (χ1) is 8.90. The van der Waals surface area contributed by atoms with Gasteiger partial charge in [0.1, 0.15) is 4.90 Å². The van der Waals surface area contributed by atoms with Crippen molar-refractivity contribution in [1.29, 1.82) is 0 Å². The van der Waals surface area contributed by atoms with Gasteiger partial charge in [-0.25, -0.2) is 8.42 Å². The highest BCUT2D eigenvalue weighted by Gasteiger charge is 2.19. The van der Waals surface area contributed by atoms with Crippen molar-refractivity contribution in [2.75, 3.05) is 10.5 Å². The van der Waals surface area contributed by atoms with Crippen molar-refractivity contribution in [2.24, 2.45) is 0 Å². The summed E-state index contributed by atoms with van der Waals surface area (Å²) in [6.45, 7) is 0. The molecule has 7 heteroatoms. The van der Waals surface area contributed by atoms with Gasteiger partial charge >= 0.3 is 0 Å². The summed E-state index contributed by atoms with van der Waals surface area (Å²) in [6, 6.07) is 10.7. The van der Waals surface area contributed by atoms with Crippen LogP contribution in [0.15, 0.2) is 47.4 Å². The lowest BCUT2D eigenvalue weighted by Gasteiger charge is -2.10. The molecule has 19 heavy (non-hydrogen) atoms. The quantitative estimate of drug-likeness (QED) is 0.853. The van der Waals surface area contributed by atoms with Crippen LogP contribution < -0.4 is 10.5 Å². The molecule has 0 saturated heterocycles. The van der Waals surface area contributed by atoms with Crippen molar-refractivity contribution in [3.05, 3.63) is 52.5 Å². The highest BCUT2D eigenvalue weighted by Crippen LogP contribution is 2.30. The summed E-state index contributed by atoms with van der Waals surface area (Å²) < 4.78 is 26.8. The number of nitrogen functional groups attached to an aromatic ring is 1. The zero-order chi connectivity index (χ0) is 14.0. The minimum absolute atomic E-state index is 0.00730. The molecule has 0 unspecified atom stereocenters. The van der Waals surface area contributed by atoms with Crippen LogP contribution >= 0.6 is 23.2 Å². The number of rotatable bonds is 3. The van der Waals surface area contributed by atoms with E-state index in [9.17, 15) is 8.42 Å². The molecule has 0 spiro atoms. The van der Waals surface area contributed by atoms with Crippen molar-refractivity contribution in [3.63, 3.8) is 0 Å². The Bertz CT molecular complexity index is 700. The zero-order valence-corrected chi connectivity index (χ0v) is 11.9. The third-order valence-corrected chi connectivity index (χ3v) is 4.72. The lowest BCUT2D eigenvalue weighted by molar-refractivity contribution is 0.601. The molecular formula is C12H10Cl2N2O2S. The fraction of sp³-hybridized carbons (Fsp3) is 0. The van der Waals surface area contributed by atoms with E-state index in [1.54, 1.807) is 24.3 Å². The second kappa shape index (κ2) is 5.28. The topological polar surface area (TPSA) is 72.2 Å². The highest BCUT2D eigenvalue weighted by atomic mass is 35.5. The normalized spacial score (nSPS) is 11.3. The van der Waals surface area contributed by atoms with Crippen molar-refractivity contribution in [1.82, 2.24) is 0 Å². The van der Waals surface area contributed by atoms with Gasteiger partial charge in [0.05, 0.1) is 10.0 Å². The van der Waals surface area contributed by atoms with Gasteiger partial charge in [0, 0.05) is 11.4 Å². The lowest BCUT2D eigenvalue weighted by atomic mass is 10.3. The molecule has 0 aliphatic heterocycles. The van der Waals surface area contributed by atoms with E-state index in [2.05, 4.69) is 4.72 Å². The molecule has 100 valence electrons. The van der Waals surface area contributed by atoms with Crippen molar-refractivity contribution >= 4 is 44.6 Å². The van der Waals surface area contributed by atoms with Crippen molar-refractivity contribution in [2.45, 2.75) is 4.90 Å². The first kappa shape index (κ1) is 14.0. The molecule has 2 rings (SSSR count). The Kier molecular flexibility index (Phi) is 3.89. The van der Waals surface area contributed by atoms with Gasteiger partial charge in [-0.15, -0.1) is 0 Å². The van der Waals surface area contributed by atoms with Crippen LogP contribution in [-0.2, 0) is 10.0 Å². The predicted octanol–water partition coefficient (Wildman–Crippen LogP) is 3.38. The molecule has 0 aliphatic carbocycles. The van der Waals surface area contributed by atoms with Crippen LogP contribution in [0, 0.1) is 0 Å². The maximum absolute atomic E-state index is 12.2. The molecular weight excluding hydrogens is 307 g/mol. The molecule has 3 N–H and O–H groups in total. The molecule has 0 heterocycles. The van der Waals surface area contributed by atoms with Gasteiger partial charge in [-0.1, -0.05) is 29.3 Å². The van der Waals surface area contributed by atoms with E-state index in [0.717, 1.165) is 0 Å². The summed E-state index contributed by atoms with van der Waals surface area (Å²) in [5, 5.41) is 0.175. The van der Waals surface area contributed by atoms with Gasteiger partial charge < -0.3 is 5.73 Å². The molecule has 0 atom stereocenters. The van der Waals surface area contributed by atoms with Crippen LogP contribution in [-0.4, -0.2) is 8.42 Å². The minimum Gasteiger partial charge on any atom is -0.399 e. The third kappa shape index (κ3) is 3.12. The van der Waals surface area contributed by atoms with E-state index in [1.807, 2.05) is 0 Å². The van der Waals surface area contributed by atoms with Crippen molar-refractivity contribution < 1.29 is 8.42 Å². The van der Waals surface area contributed by atoms with Crippen molar-refractivity contribution in [3.8, 4) is 0 Å². The summed E-state index contributed by atoms with van der Waals surface area (Å²) >= 11 is 11.7. The Balaban J connectivity index is 2.38. The highest BCUT2D eigenvalue weighted by molar-refractivity contribution is 7.92. The monoisotopic (exact) mass is 316 g/mol. The van der Waals surface area contributed by atoms with E-state index >= 15 is 0 Å². The fourth-order valence-electron chi connectivity index (χ4n) is 1.45. The Morgan fingerprint density at radius 3 is 2.26 bits per heavy atom. The minimum atomic E-state index is -3.79. The van der Waals surface area contributed by atoms with E-state index in [4.69, 9.17) is 28.9 Å². The lowest BCUT2D eigenvalue weighted by Crippen LogP contribution is -2.13. The van der Waals surface area contributed by atoms with Gasteiger partial charge in [-0.05, 0) is 36.4 Å². The van der Waals surface area contributed by atoms with Crippen LogP contribution in [0.1, 0.15) is 0 Å². The van der Waals surface area contributed by atoms with Gasteiger partial charge in [0.25, 0.3) is 10.0 Å². The van der Waals surface area contributed by atoms with Gasteiger partial charge in [0.2, 0.25) is 0 Å². The van der Waals surface area contributed by atoms with Crippen LogP contribution in [0.5, 0.6) is 0 Å². The smallest absolute Gasteiger partial charge is 0.263 e. The van der Waals surface area contributed by atoms with E-state index in [1.165, 1.54) is 18.2 Å². The van der Waals surface area contributed by atoms with E-state index < -0.39 is 10.0 Å². The van der Waals surface area contributed by atoms with Gasteiger partial charge in [-0.3, -0.25) is 4.72 Å². The maximum atomic E-state index is 12.2. The number of hydrogen-bond donors (Lipinski definition) is 2. The number of nitrogens with two attached hydrogens (primary N) is 1. The number of benzene rings is 2. The molecule has 0 aromatic heterocycles. The summed E-state index contributed by atoms with van der Waals surface area (Å²) in [6.07, 6.45) is 0. The molecule has 0 fully saturated rings. The number of hydrogen-bond acceptors (Lipinski definition) is 3. The molecule has 0 bridgehead atoms.